The normalized spacial score (nSPS) is 12.1. The van der Waals surface area contributed by atoms with Crippen LogP contribution in [0.1, 0.15) is 5.56 Å². The van der Waals surface area contributed by atoms with E-state index in [2.05, 4.69) is 36.1 Å². The van der Waals surface area contributed by atoms with Crippen molar-refractivity contribution >= 4 is 27.0 Å². The minimum Gasteiger partial charge on any atom is -0.337 e. The molecule has 0 radical (unpaired) electrons. The molecule has 0 saturated heterocycles. The van der Waals surface area contributed by atoms with Gasteiger partial charge in [-0.1, -0.05) is 15.9 Å². The van der Waals surface area contributed by atoms with E-state index in [0.29, 0.717) is 22.5 Å². The van der Waals surface area contributed by atoms with Crippen LogP contribution in [0.2, 0.25) is 0 Å². The lowest BCUT2D eigenvalue weighted by atomic mass is 10.1. The first-order chi connectivity index (χ1) is 12.7. The van der Waals surface area contributed by atoms with Gasteiger partial charge >= 0.3 is 6.18 Å². The summed E-state index contributed by atoms with van der Waals surface area (Å²) in [4.78, 5) is 7.05. The number of fused-ring (bicyclic) bond motifs is 1. The van der Waals surface area contributed by atoms with E-state index in [9.17, 15) is 22.0 Å². The Morgan fingerprint density at radius 2 is 1.74 bits per heavy atom. The molecule has 0 bridgehead atoms. The van der Waals surface area contributed by atoms with E-state index in [1.165, 1.54) is 18.2 Å². The van der Waals surface area contributed by atoms with Crippen LogP contribution in [0, 0.1) is 11.6 Å². The molecule has 4 nitrogen and oxygen atoms in total. The Hall–Kier alpha value is -2.75. The van der Waals surface area contributed by atoms with E-state index < -0.39 is 23.4 Å². The Labute approximate surface area is 156 Å². The predicted molar refractivity (Wildman–Crippen MR) is 91.7 cm³/mol. The number of halogens is 6. The van der Waals surface area contributed by atoms with Gasteiger partial charge in [0, 0.05) is 10.0 Å². The molecule has 0 saturated carbocycles. The summed E-state index contributed by atoms with van der Waals surface area (Å²) in [6, 6.07) is 7.11. The zero-order valence-corrected chi connectivity index (χ0v) is 14.7. The van der Waals surface area contributed by atoms with Gasteiger partial charge in [0.05, 0.1) is 22.3 Å². The number of hydrogen-bond acceptors (Lipinski definition) is 2. The number of rotatable bonds is 2. The predicted octanol–water partition coefficient (Wildman–Crippen LogP) is 5.68. The fourth-order valence-corrected chi connectivity index (χ4v) is 3.18. The summed E-state index contributed by atoms with van der Waals surface area (Å²) in [5.41, 5.74) is 0.766. The summed E-state index contributed by atoms with van der Waals surface area (Å²) in [5, 5.41) is 6.70. The number of nitrogens with one attached hydrogen (secondary N) is 2. The largest absolute Gasteiger partial charge is 0.417 e. The maximum atomic E-state index is 13.4. The van der Waals surface area contributed by atoms with Crippen LogP contribution in [0.25, 0.3) is 33.8 Å². The lowest BCUT2D eigenvalue weighted by molar-refractivity contribution is -0.138. The van der Waals surface area contributed by atoms with Crippen molar-refractivity contribution in [3.63, 3.8) is 0 Å². The molecule has 2 aromatic carbocycles. The second-order valence-corrected chi connectivity index (χ2v) is 6.58. The van der Waals surface area contributed by atoms with Crippen molar-refractivity contribution in [2.24, 2.45) is 0 Å². The number of benzene rings is 2. The highest BCUT2D eigenvalue weighted by molar-refractivity contribution is 9.10. The van der Waals surface area contributed by atoms with Gasteiger partial charge < -0.3 is 4.98 Å². The number of imidazole rings is 1. The lowest BCUT2D eigenvalue weighted by Crippen LogP contribution is -2.05. The van der Waals surface area contributed by atoms with E-state index in [1.807, 2.05) is 0 Å². The van der Waals surface area contributed by atoms with Gasteiger partial charge in [-0.15, -0.1) is 0 Å². The van der Waals surface area contributed by atoms with Gasteiger partial charge in [-0.3, -0.25) is 5.10 Å². The number of H-pyrrole nitrogens is 2. The quantitative estimate of drug-likeness (QED) is 0.392. The molecule has 0 spiro atoms. The number of aromatic amines is 2. The Kier molecular flexibility index (Phi) is 4.02. The SMILES string of the molecule is Fc1ccc(-c2cc(-c3nc4cc(Br)c(C(F)(F)F)cc4[nH]3)[nH]n2)cc1F. The van der Waals surface area contributed by atoms with Gasteiger partial charge in [-0.2, -0.15) is 18.3 Å². The summed E-state index contributed by atoms with van der Waals surface area (Å²) < 4.78 is 65.4. The molecule has 0 aliphatic rings. The minimum atomic E-state index is -4.51. The van der Waals surface area contributed by atoms with Crippen LogP contribution in [0.4, 0.5) is 22.0 Å². The zero-order chi connectivity index (χ0) is 19.3. The highest BCUT2D eigenvalue weighted by Gasteiger charge is 2.33. The molecular formula is C17H8BrF5N4. The molecule has 0 aliphatic carbocycles. The van der Waals surface area contributed by atoms with Crippen LogP contribution in [0.5, 0.6) is 0 Å². The van der Waals surface area contributed by atoms with Gasteiger partial charge in [0.2, 0.25) is 0 Å². The van der Waals surface area contributed by atoms with Gasteiger partial charge in [-0.25, -0.2) is 13.8 Å². The van der Waals surface area contributed by atoms with Crippen molar-refractivity contribution in [1.29, 1.82) is 0 Å². The molecule has 2 aromatic heterocycles. The molecule has 10 heteroatoms. The van der Waals surface area contributed by atoms with Crippen molar-refractivity contribution in [3.05, 3.63) is 58.1 Å². The Morgan fingerprint density at radius 1 is 0.963 bits per heavy atom. The zero-order valence-electron chi connectivity index (χ0n) is 13.1. The molecule has 4 rings (SSSR count). The molecule has 4 aromatic rings. The standard InChI is InChI=1S/C17H8BrF5N4/c18-9-5-14-13(4-8(9)17(21,22)23)24-16(25-14)15-6-12(26-27-15)7-1-2-10(19)11(20)3-7/h1-6H,(H,24,25)(H,26,27). The van der Waals surface area contributed by atoms with Crippen molar-refractivity contribution in [2.75, 3.05) is 0 Å². The number of nitrogens with zero attached hydrogens (tertiary/aromatic N) is 2. The maximum absolute atomic E-state index is 13.4. The van der Waals surface area contributed by atoms with E-state index >= 15 is 0 Å². The summed E-state index contributed by atoms with van der Waals surface area (Å²) in [6.45, 7) is 0. The third-order valence-electron chi connectivity index (χ3n) is 3.92. The minimum absolute atomic E-state index is 0.118. The summed E-state index contributed by atoms with van der Waals surface area (Å²) in [5.74, 6) is -1.72. The average molecular weight is 443 g/mol. The van der Waals surface area contributed by atoms with Gasteiger partial charge in [0.1, 0.15) is 5.69 Å². The Balaban J connectivity index is 1.75. The second kappa shape index (κ2) is 6.15. The molecule has 2 heterocycles. The van der Waals surface area contributed by atoms with Crippen LogP contribution in [-0.2, 0) is 6.18 Å². The van der Waals surface area contributed by atoms with Crippen molar-refractivity contribution in [1.82, 2.24) is 20.2 Å². The van der Waals surface area contributed by atoms with E-state index in [1.54, 1.807) is 0 Å². The van der Waals surface area contributed by atoms with E-state index in [-0.39, 0.29) is 15.8 Å². The molecule has 0 atom stereocenters. The summed E-state index contributed by atoms with van der Waals surface area (Å²) >= 11 is 2.91. The van der Waals surface area contributed by atoms with Gasteiger partial charge in [-0.05, 0) is 36.4 Å². The van der Waals surface area contributed by atoms with Crippen LogP contribution in [-0.4, -0.2) is 20.2 Å². The van der Waals surface area contributed by atoms with Crippen molar-refractivity contribution in [2.45, 2.75) is 6.18 Å². The van der Waals surface area contributed by atoms with Crippen molar-refractivity contribution in [3.8, 4) is 22.8 Å². The third kappa shape index (κ3) is 3.20. The molecule has 0 unspecified atom stereocenters. The Morgan fingerprint density at radius 3 is 2.44 bits per heavy atom. The molecule has 0 fully saturated rings. The number of hydrogen-bond donors (Lipinski definition) is 2. The topological polar surface area (TPSA) is 57.4 Å². The van der Waals surface area contributed by atoms with E-state index in [0.717, 1.165) is 18.2 Å². The first-order valence-electron chi connectivity index (χ1n) is 7.50. The maximum Gasteiger partial charge on any atom is 0.417 e. The fraction of sp³-hybridized carbons (Fsp3) is 0.0588. The monoisotopic (exact) mass is 442 g/mol. The van der Waals surface area contributed by atoms with Crippen LogP contribution < -0.4 is 0 Å². The second-order valence-electron chi connectivity index (χ2n) is 5.73. The first-order valence-corrected chi connectivity index (χ1v) is 8.29. The highest BCUT2D eigenvalue weighted by atomic mass is 79.9. The molecular weight excluding hydrogens is 435 g/mol. The van der Waals surface area contributed by atoms with Crippen LogP contribution >= 0.6 is 15.9 Å². The molecule has 0 amide bonds. The van der Waals surface area contributed by atoms with Gasteiger partial charge in [0.25, 0.3) is 0 Å². The number of alkyl halides is 3. The lowest BCUT2D eigenvalue weighted by Gasteiger charge is -2.08. The van der Waals surface area contributed by atoms with Crippen LogP contribution in [0.3, 0.4) is 0 Å². The summed E-state index contributed by atoms with van der Waals surface area (Å²) in [6.07, 6.45) is -4.51. The molecule has 138 valence electrons. The fourth-order valence-electron chi connectivity index (χ4n) is 2.62. The highest BCUT2D eigenvalue weighted by Crippen LogP contribution is 2.37. The average Bonchev–Trinajstić information content (AvgIpc) is 3.21. The smallest absolute Gasteiger partial charge is 0.337 e. The molecule has 2 N–H and O–H groups in total. The first kappa shape index (κ1) is 17.7. The third-order valence-corrected chi connectivity index (χ3v) is 4.58. The summed E-state index contributed by atoms with van der Waals surface area (Å²) in [7, 11) is 0. The number of aromatic nitrogens is 4. The van der Waals surface area contributed by atoms with Gasteiger partial charge in [0.15, 0.2) is 17.5 Å². The van der Waals surface area contributed by atoms with E-state index in [4.69, 9.17) is 0 Å². The molecule has 27 heavy (non-hydrogen) atoms. The van der Waals surface area contributed by atoms with Crippen LogP contribution in [0.15, 0.2) is 40.9 Å². The van der Waals surface area contributed by atoms with Crippen molar-refractivity contribution < 1.29 is 22.0 Å². The molecule has 0 aliphatic heterocycles. The Bertz CT molecular complexity index is 1160.